The first kappa shape index (κ1) is 11.6. The molecule has 16 heavy (non-hydrogen) atoms. The van der Waals surface area contributed by atoms with E-state index in [9.17, 15) is 19.7 Å². The fourth-order valence-electron chi connectivity index (χ4n) is 1.24. The minimum Gasteiger partial charge on any atom is -0.426 e. The Labute approximate surface area is 90.2 Å². The lowest BCUT2D eigenvalue weighted by Gasteiger charge is -2.08. The number of benzene rings is 1. The van der Waals surface area contributed by atoms with Gasteiger partial charge in [0.1, 0.15) is 0 Å². The van der Waals surface area contributed by atoms with Gasteiger partial charge in [-0.15, -0.1) is 0 Å². The van der Waals surface area contributed by atoms with Crippen molar-refractivity contribution in [2.75, 3.05) is 5.32 Å². The largest absolute Gasteiger partial charge is 0.426 e. The van der Waals surface area contributed by atoms with Gasteiger partial charge in [0.15, 0.2) is 5.75 Å². The minimum atomic E-state index is -0.603. The summed E-state index contributed by atoms with van der Waals surface area (Å²) >= 11 is 0. The molecule has 0 aromatic heterocycles. The Morgan fingerprint density at radius 3 is 2.62 bits per heavy atom. The maximum absolute atomic E-state index is 10.6. The van der Waals surface area contributed by atoms with Crippen molar-refractivity contribution in [3.63, 3.8) is 0 Å². The summed E-state index contributed by atoms with van der Waals surface area (Å²) in [5.41, 5.74) is 0.263. The number of nitrogens with zero attached hydrogens (tertiary/aromatic N) is 1. The quantitative estimate of drug-likeness (QED) is 0.457. The van der Waals surface area contributed by atoms with Crippen molar-refractivity contribution in [3.8, 4) is 5.75 Å². The Balaban J connectivity index is 3.31. The Bertz CT molecular complexity index is 444. The van der Waals surface area contributed by atoms with E-state index >= 15 is 0 Å². The second-order valence-electron chi connectivity index (χ2n) is 2.87. The molecule has 0 heterocycles. The predicted molar refractivity (Wildman–Crippen MR) is 54.2 cm³/mol. The zero-order valence-electron chi connectivity index (χ0n) is 8.30. The molecule has 0 bridgehead atoms. The third-order valence-electron chi connectivity index (χ3n) is 1.85. The van der Waals surface area contributed by atoms with Crippen LogP contribution in [0, 0.1) is 17.0 Å². The first-order chi connectivity index (χ1) is 7.60. The molecule has 0 aliphatic heterocycles. The molecule has 0 aliphatic carbocycles. The lowest BCUT2D eigenvalue weighted by molar-refractivity contribution is -0.384. The van der Waals surface area contributed by atoms with Crippen LogP contribution in [0.15, 0.2) is 12.1 Å². The van der Waals surface area contributed by atoms with E-state index in [1.807, 2.05) is 0 Å². The van der Waals surface area contributed by atoms with Crippen molar-refractivity contribution in [3.05, 3.63) is 27.8 Å². The van der Waals surface area contributed by atoms with Crippen LogP contribution in [-0.2, 0) is 9.59 Å². The predicted octanol–water partition coefficient (Wildman–Crippen LogP) is 1.01. The molecule has 0 atom stereocenters. The molecule has 1 N–H and O–H groups in total. The number of ether oxygens (including phenoxy) is 1. The van der Waals surface area contributed by atoms with Crippen LogP contribution in [-0.4, -0.2) is 17.8 Å². The van der Waals surface area contributed by atoms with E-state index in [-0.39, 0.29) is 23.6 Å². The SMILES string of the molecule is Cc1cc([N+](=O)[O-])cc(NC=O)c1OC=O. The van der Waals surface area contributed by atoms with Gasteiger partial charge in [0.2, 0.25) is 6.41 Å². The first-order valence-electron chi connectivity index (χ1n) is 4.19. The van der Waals surface area contributed by atoms with Gasteiger partial charge in [-0.3, -0.25) is 19.7 Å². The van der Waals surface area contributed by atoms with Crippen molar-refractivity contribution in [1.82, 2.24) is 0 Å². The molecule has 1 aromatic carbocycles. The van der Waals surface area contributed by atoms with Crippen LogP contribution in [0.25, 0.3) is 0 Å². The molecule has 1 amide bonds. The number of nitro groups is 1. The summed E-state index contributed by atoms with van der Waals surface area (Å²) in [4.78, 5) is 30.5. The Morgan fingerprint density at radius 1 is 1.44 bits per heavy atom. The van der Waals surface area contributed by atoms with Gasteiger partial charge in [-0.1, -0.05) is 0 Å². The smallest absolute Gasteiger partial charge is 0.298 e. The molecule has 7 nitrogen and oxygen atoms in total. The topological polar surface area (TPSA) is 98.5 Å². The number of non-ortho nitro benzene ring substituents is 1. The molecule has 7 heteroatoms. The molecular weight excluding hydrogens is 216 g/mol. The fraction of sp³-hybridized carbons (Fsp3) is 0.111. The maximum Gasteiger partial charge on any atom is 0.298 e. The zero-order valence-corrected chi connectivity index (χ0v) is 8.30. The fourth-order valence-corrected chi connectivity index (χ4v) is 1.24. The number of rotatable bonds is 5. The molecule has 1 aromatic rings. The summed E-state index contributed by atoms with van der Waals surface area (Å²) in [6.07, 6.45) is 0.343. The maximum atomic E-state index is 10.6. The van der Waals surface area contributed by atoms with E-state index in [0.29, 0.717) is 12.0 Å². The van der Waals surface area contributed by atoms with Crippen LogP contribution in [0.3, 0.4) is 0 Å². The van der Waals surface area contributed by atoms with Crippen molar-refractivity contribution in [2.45, 2.75) is 6.92 Å². The van der Waals surface area contributed by atoms with Crippen molar-refractivity contribution in [2.24, 2.45) is 0 Å². The molecule has 84 valence electrons. The molecule has 0 saturated heterocycles. The number of nitro benzene ring substituents is 1. The Hall–Kier alpha value is -2.44. The van der Waals surface area contributed by atoms with Gasteiger partial charge in [0, 0.05) is 17.7 Å². The van der Waals surface area contributed by atoms with E-state index < -0.39 is 4.92 Å². The first-order valence-corrected chi connectivity index (χ1v) is 4.19. The highest BCUT2D eigenvalue weighted by Crippen LogP contribution is 2.32. The number of anilines is 1. The number of carbonyl (C=O) groups is 2. The molecule has 0 saturated carbocycles. The van der Waals surface area contributed by atoms with E-state index in [1.54, 1.807) is 0 Å². The summed E-state index contributed by atoms with van der Waals surface area (Å²) in [5, 5.41) is 12.8. The standard InChI is InChI=1S/C9H8N2O5/c1-6-2-7(11(14)15)3-8(10-4-12)9(6)16-5-13/h2-5H,1H3,(H,10,12). The van der Waals surface area contributed by atoms with Crippen LogP contribution in [0.5, 0.6) is 5.75 Å². The molecule has 0 spiro atoms. The number of aryl methyl sites for hydroxylation is 1. The van der Waals surface area contributed by atoms with E-state index in [4.69, 9.17) is 0 Å². The van der Waals surface area contributed by atoms with Crippen molar-refractivity contribution in [1.29, 1.82) is 0 Å². The molecular formula is C9H8N2O5. The van der Waals surface area contributed by atoms with Crippen molar-refractivity contribution >= 4 is 24.3 Å². The monoisotopic (exact) mass is 224 g/mol. The van der Waals surface area contributed by atoms with Gasteiger partial charge < -0.3 is 10.1 Å². The van der Waals surface area contributed by atoms with Crippen LogP contribution >= 0.6 is 0 Å². The second-order valence-corrected chi connectivity index (χ2v) is 2.87. The van der Waals surface area contributed by atoms with Crippen LogP contribution in [0.2, 0.25) is 0 Å². The van der Waals surface area contributed by atoms with Gasteiger partial charge in [-0.2, -0.15) is 0 Å². The summed E-state index contributed by atoms with van der Waals surface area (Å²) in [5.74, 6) is 0.0905. The number of nitrogens with one attached hydrogen (secondary N) is 1. The molecule has 0 unspecified atom stereocenters. The summed E-state index contributed by atoms with van der Waals surface area (Å²) in [6, 6.07) is 2.36. The lowest BCUT2D eigenvalue weighted by atomic mass is 10.1. The van der Waals surface area contributed by atoms with Gasteiger partial charge in [0.25, 0.3) is 12.2 Å². The average Bonchev–Trinajstić information content (AvgIpc) is 2.23. The minimum absolute atomic E-state index is 0.0776. The van der Waals surface area contributed by atoms with Crippen LogP contribution in [0.4, 0.5) is 11.4 Å². The van der Waals surface area contributed by atoms with E-state index in [0.717, 1.165) is 6.07 Å². The lowest BCUT2D eigenvalue weighted by Crippen LogP contribution is -2.02. The molecule has 0 radical (unpaired) electrons. The third-order valence-corrected chi connectivity index (χ3v) is 1.85. The van der Waals surface area contributed by atoms with E-state index in [1.165, 1.54) is 13.0 Å². The molecule has 1 rings (SSSR count). The van der Waals surface area contributed by atoms with Gasteiger partial charge in [-0.05, 0) is 6.92 Å². The average molecular weight is 224 g/mol. The summed E-state index contributed by atoms with van der Waals surface area (Å²) in [7, 11) is 0. The number of hydrogen-bond acceptors (Lipinski definition) is 5. The highest BCUT2D eigenvalue weighted by atomic mass is 16.6. The summed E-state index contributed by atoms with van der Waals surface area (Å²) in [6.45, 7) is 1.71. The number of hydrogen-bond donors (Lipinski definition) is 1. The van der Waals surface area contributed by atoms with Gasteiger partial charge >= 0.3 is 0 Å². The van der Waals surface area contributed by atoms with Crippen LogP contribution in [0.1, 0.15) is 5.56 Å². The second kappa shape index (κ2) is 4.87. The Kier molecular flexibility index (Phi) is 3.54. The zero-order chi connectivity index (χ0) is 12.1. The Morgan fingerprint density at radius 2 is 2.12 bits per heavy atom. The number of carbonyl (C=O) groups excluding carboxylic acids is 2. The third kappa shape index (κ3) is 2.32. The summed E-state index contributed by atoms with van der Waals surface area (Å²) < 4.78 is 4.63. The van der Waals surface area contributed by atoms with E-state index in [2.05, 4.69) is 10.1 Å². The van der Waals surface area contributed by atoms with Gasteiger partial charge in [0.05, 0.1) is 10.6 Å². The highest BCUT2D eigenvalue weighted by molar-refractivity contribution is 5.79. The highest BCUT2D eigenvalue weighted by Gasteiger charge is 2.15. The number of amides is 1. The van der Waals surface area contributed by atoms with Crippen LogP contribution < -0.4 is 10.1 Å². The van der Waals surface area contributed by atoms with Crippen molar-refractivity contribution < 1.29 is 19.2 Å². The van der Waals surface area contributed by atoms with Gasteiger partial charge in [-0.25, -0.2) is 0 Å². The normalized spacial score (nSPS) is 9.31. The molecule has 0 aliphatic rings. The molecule has 0 fully saturated rings.